The van der Waals surface area contributed by atoms with Crippen LogP contribution < -0.4 is 0 Å². The minimum absolute atomic E-state index is 0.0963. The van der Waals surface area contributed by atoms with Crippen LogP contribution in [-0.2, 0) is 9.84 Å². The summed E-state index contributed by atoms with van der Waals surface area (Å²) in [5.74, 6) is 0.0963. The molecule has 0 saturated heterocycles. The summed E-state index contributed by atoms with van der Waals surface area (Å²) < 4.78 is 25.0. The molecule has 0 unspecified atom stereocenters. The van der Waals surface area contributed by atoms with E-state index in [1.165, 1.54) is 18.2 Å². The molecule has 2 aromatic rings. The zero-order chi connectivity index (χ0) is 14.2. The van der Waals surface area contributed by atoms with Gasteiger partial charge in [-0.2, -0.15) is 0 Å². The van der Waals surface area contributed by atoms with Gasteiger partial charge in [-0.1, -0.05) is 6.07 Å². The van der Waals surface area contributed by atoms with Crippen LogP contribution in [0.5, 0.6) is 5.75 Å². The number of rotatable bonds is 2. The highest BCUT2D eigenvalue weighted by atomic mass is 32.2. The third-order valence-electron chi connectivity index (χ3n) is 3.27. The van der Waals surface area contributed by atoms with Gasteiger partial charge in [0.25, 0.3) is 0 Å². The van der Waals surface area contributed by atoms with E-state index in [0.717, 1.165) is 11.1 Å². The Morgan fingerprint density at radius 3 is 1.84 bits per heavy atom. The minimum atomic E-state index is -3.53. The fourth-order valence-corrected chi connectivity index (χ4v) is 3.24. The number of aromatic hydroxyl groups is 1. The van der Waals surface area contributed by atoms with Gasteiger partial charge in [-0.05, 0) is 67.8 Å². The van der Waals surface area contributed by atoms with Gasteiger partial charge in [0.2, 0.25) is 9.84 Å². The topological polar surface area (TPSA) is 54.4 Å². The molecule has 100 valence electrons. The molecule has 0 spiro atoms. The predicted molar refractivity (Wildman–Crippen MR) is 74.2 cm³/mol. The molecule has 0 fully saturated rings. The molecule has 19 heavy (non-hydrogen) atoms. The Balaban J connectivity index is 2.58. The normalized spacial score (nSPS) is 11.5. The largest absolute Gasteiger partial charge is 0.508 e. The molecular formula is C15H16O3S. The van der Waals surface area contributed by atoms with Crippen molar-refractivity contribution in [3.63, 3.8) is 0 Å². The Morgan fingerprint density at radius 1 is 0.789 bits per heavy atom. The quantitative estimate of drug-likeness (QED) is 0.916. The van der Waals surface area contributed by atoms with E-state index in [2.05, 4.69) is 0 Å². The average molecular weight is 276 g/mol. The van der Waals surface area contributed by atoms with Gasteiger partial charge in [-0.15, -0.1) is 0 Å². The second kappa shape index (κ2) is 4.70. The fourth-order valence-electron chi connectivity index (χ4n) is 1.81. The maximum atomic E-state index is 12.5. The maximum absolute atomic E-state index is 12.5. The molecule has 0 aliphatic rings. The van der Waals surface area contributed by atoms with Crippen molar-refractivity contribution >= 4 is 9.84 Å². The summed E-state index contributed by atoms with van der Waals surface area (Å²) in [6.45, 7) is 5.50. The number of phenolic OH excluding ortho intramolecular Hbond substituents is 1. The molecule has 0 heterocycles. The first kappa shape index (κ1) is 13.6. The highest BCUT2D eigenvalue weighted by Crippen LogP contribution is 2.26. The summed E-state index contributed by atoms with van der Waals surface area (Å²) in [7, 11) is -3.53. The highest BCUT2D eigenvalue weighted by molar-refractivity contribution is 7.91. The lowest BCUT2D eigenvalue weighted by molar-refractivity contribution is 0.470. The van der Waals surface area contributed by atoms with Crippen molar-refractivity contribution in [1.82, 2.24) is 0 Å². The zero-order valence-electron chi connectivity index (χ0n) is 11.1. The third-order valence-corrected chi connectivity index (χ3v) is 5.02. The van der Waals surface area contributed by atoms with E-state index in [1.807, 2.05) is 13.8 Å². The van der Waals surface area contributed by atoms with Crippen molar-refractivity contribution in [2.75, 3.05) is 0 Å². The van der Waals surface area contributed by atoms with Gasteiger partial charge < -0.3 is 5.11 Å². The van der Waals surface area contributed by atoms with Crippen molar-refractivity contribution in [3.05, 3.63) is 53.1 Å². The summed E-state index contributed by atoms with van der Waals surface area (Å²) in [5, 5.41) is 9.47. The van der Waals surface area contributed by atoms with Crippen LogP contribution in [0.2, 0.25) is 0 Å². The van der Waals surface area contributed by atoms with E-state index in [-0.39, 0.29) is 15.5 Å². The standard InChI is InChI=1S/C15H16O3S/c1-10-4-5-13(8-11(10)2)19(17,18)14-6-7-15(16)12(3)9-14/h4-9,16H,1-3H3. The van der Waals surface area contributed by atoms with Gasteiger partial charge in [0.15, 0.2) is 0 Å². The van der Waals surface area contributed by atoms with Crippen LogP contribution in [0.15, 0.2) is 46.2 Å². The second-order valence-electron chi connectivity index (χ2n) is 4.70. The van der Waals surface area contributed by atoms with Crippen LogP contribution in [-0.4, -0.2) is 13.5 Å². The predicted octanol–water partition coefficient (Wildman–Crippen LogP) is 3.15. The molecule has 0 atom stereocenters. The third kappa shape index (κ3) is 2.49. The zero-order valence-corrected chi connectivity index (χ0v) is 12.0. The first-order chi connectivity index (χ1) is 8.82. The Labute approximate surface area is 113 Å². The van der Waals surface area contributed by atoms with Gasteiger partial charge in [-0.25, -0.2) is 8.42 Å². The number of phenols is 1. The molecule has 2 rings (SSSR count). The summed E-state index contributed by atoms with van der Waals surface area (Å²) >= 11 is 0. The molecule has 0 radical (unpaired) electrons. The molecule has 0 amide bonds. The van der Waals surface area contributed by atoms with Gasteiger partial charge in [-0.3, -0.25) is 0 Å². The summed E-state index contributed by atoms with van der Waals surface area (Å²) in [6.07, 6.45) is 0. The van der Waals surface area contributed by atoms with E-state index in [0.29, 0.717) is 5.56 Å². The van der Waals surface area contributed by atoms with E-state index in [9.17, 15) is 13.5 Å². The number of sulfone groups is 1. The molecule has 2 aromatic carbocycles. The van der Waals surface area contributed by atoms with Crippen LogP contribution >= 0.6 is 0 Å². The Morgan fingerprint density at radius 2 is 1.32 bits per heavy atom. The van der Waals surface area contributed by atoms with Gasteiger partial charge in [0.1, 0.15) is 5.75 Å². The lowest BCUT2D eigenvalue weighted by atomic mass is 10.1. The summed E-state index contributed by atoms with van der Waals surface area (Å²) in [4.78, 5) is 0.478. The number of hydrogen-bond donors (Lipinski definition) is 1. The van der Waals surface area contributed by atoms with Gasteiger partial charge in [0, 0.05) is 0 Å². The second-order valence-corrected chi connectivity index (χ2v) is 6.65. The number of aryl methyl sites for hydroxylation is 3. The van der Waals surface area contributed by atoms with Gasteiger partial charge in [0.05, 0.1) is 9.79 Å². The molecule has 0 aliphatic heterocycles. The van der Waals surface area contributed by atoms with Crippen molar-refractivity contribution < 1.29 is 13.5 Å². The number of benzene rings is 2. The lowest BCUT2D eigenvalue weighted by Crippen LogP contribution is -2.03. The van der Waals surface area contributed by atoms with Crippen molar-refractivity contribution in [1.29, 1.82) is 0 Å². The van der Waals surface area contributed by atoms with E-state index < -0.39 is 9.84 Å². The highest BCUT2D eigenvalue weighted by Gasteiger charge is 2.18. The maximum Gasteiger partial charge on any atom is 0.206 e. The molecule has 0 aromatic heterocycles. The Bertz CT molecular complexity index is 674. The Kier molecular flexibility index (Phi) is 3.37. The summed E-state index contributed by atoms with van der Waals surface area (Å²) in [6, 6.07) is 9.40. The van der Waals surface area contributed by atoms with Crippen LogP contribution in [0.25, 0.3) is 0 Å². The molecule has 1 N–H and O–H groups in total. The van der Waals surface area contributed by atoms with Crippen molar-refractivity contribution in [3.8, 4) is 5.75 Å². The van der Waals surface area contributed by atoms with E-state index in [4.69, 9.17) is 0 Å². The van der Waals surface area contributed by atoms with Crippen LogP contribution in [0.1, 0.15) is 16.7 Å². The average Bonchev–Trinajstić information content (AvgIpc) is 2.35. The monoisotopic (exact) mass is 276 g/mol. The van der Waals surface area contributed by atoms with Crippen molar-refractivity contribution in [2.24, 2.45) is 0 Å². The fraction of sp³-hybridized carbons (Fsp3) is 0.200. The molecule has 4 heteroatoms. The van der Waals surface area contributed by atoms with Crippen LogP contribution in [0.4, 0.5) is 0 Å². The van der Waals surface area contributed by atoms with Gasteiger partial charge >= 0.3 is 0 Å². The number of hydrogen-bond acceptors (Lipinski definition) is 3. The SMILES string of the molecule is Cc1ccc(S(=O)(=O)c2ccc(O)c(C)c2)cc1C. The molecular weight excluding hydrogens is 260 g/mol. The molecule has 0 aliphatic carbocycles. The first-order valence-corrected chi connectivity index (χ1v) is 7.42. The van der Waals surface area contributed by atoms with Crippen LogP contribution in [0.3, 0.4) is 0 Å². The van der Waals surface area contributed by atoms with E-state index in [1.54, 1.807) is 25.1 Å². The molecule has 0 bridgehead atoms. The first-order valence-electron chi connectivity index (χ1n) is 5.94. The minimum Gasteiger partial charge on any atom is -0.508 e. The smallest absolute Gasteiger partial charge is 0.206 e. The van der Waals surface area contributed by atoms with E-state index >= 15 is 0 Å². The lowest BCUT2D eigenvalue weighted by Gasteiger charge is -2.08. The Hall–Kier alpha value is -1.81. The molecule has 0 saturated carbocycles. The molecule has 3 nitrogen and oxygen atoms in total. The van der Waals surface area contributed by atoms with Crippen molar-refractivity contribution in [2.45, 2.75) is 30.6 Å². The summed E-state index contributed by atoms with van der Waals surface area (Å²) in [5.41, 5.74) is 2.54. The van der Waals surface area contributed by atoms with Crippen LogP contribution in [0, 0.1) is 20.8 Å².